The second-order valence-corrected chi connectivity index (χ2v) is 10.5. The highest BCUT2D eigenvalue weighted by Gasteiger charge is 2.30. The van der Waals surface area contributed by atoms with Crippen molar-refractivity contribution in [3.05, 3.63) is 0 Å². The van der Waals surface area contributed by atoms with E-state index in [0.29, 0.717) is 0 Å². The first-order valence-corrected chi connectivity index (χ1v) is 15.1. The van der Waals surface area contributed by atoms with E-state index in [9.17, 15) is 62.3 Å². The van der Waals surface area contributed by atoms with E-state index >= 15 is 0 Å². The minimum Gasteiger partial charge on any atom is -0.481 e. The maximum absolute atomic E-state index is 12.6. The summed E-state index contributed by atoms with van der Waals surface area (Å²) in [7, 11) is 0. The molecule has 294 valence electrons. The Balaban J connectivity index is 4.94. The molecule has 53 heavy (non-hydrogen) atoms. The molecule has 0 bridgehead atoms. The number of carboxylic acid groups (broad SMARTS) is 4. The first-order valence-electron chi connectivity index (χ1n) is 15.1. The highest BCUT2D eigenvalue weighted by molar-refractivity contribution is 5.96. The fraction of sp³-hybridized carbons (Fsp3) is 0.519. The van der Waals surface area contributed by atoms with Crippen molar-refractivity contribution in [2.24, 2.45) is 0 Å². The third-order valence-corrected chi connectivity index (χ3v) is 6.03. The summed E-state index contributed by atoms with van der Waals surface area (Å²) in [5.74, 6) is -14.7. The number of carboxylic acids is 4. The van der Waals surface area contributed by atoms with E-state index in [2.05, 4.69) is 31.9 Å². The lowest BCUT2D eigenvalue weighted by Gasteiger charge is -2.20. The quantitative estimate of drug-likeness (QED) is 0.0411. The van der Waals surface area contributed by atoms with Gasteiger partial charge in [0.15, 0.2) is 0 Å². The van der Waals surface area contributed by atoms with Gasteiger partial charge in [0.2, 0.25) is 53.2 Å². The zero-order valence-electron chi connectivity index (χ0n) is 27.9. The van der Waals surface area contributed by atoms with Gasteiger partial charge in [-0.15, -0.1) is 0 Å². The smallest absolute Gasteiger partial charge is 0.326 e. The van der Waals surface area contributed by atoms with E-state index in [4.69, 9.17) is 20.4 Å². The fourth-order valence-electron chi connectivity index (χ4n) is 3.52. The predicted octanol–water partition coefficient (Wildman–Crippen LogP) is -7.94. The molecule has 0 fully saturated rings. The SMILES string of the molecule is CC(=O)NCC(=O)NCC(=O)NCC(=O)NCC(=O)N[C@@H](CCC(=O)O)C(=O)NCC(=O)NCC(=O)N[C@@H](CC(=O)O)C(=O)N[C@@H](CC(=O)O)C(=O)O. The number of amides is 9. The maximum Gasteiger partial charge on any atom is 0.326 e. The largest absolute Gasteiger partial charge is 0.481 e. The third kappa shape index (κ3) is 23.2. The lowest BCUT2D eigenvalue weighted by molar-refractivity contribution is -0.148. The molecule has 0 aromatic heterocycles. The monoisotopic (exact) mass is 761 g/mol. The summed E-state index contributed by atoms with van der Waals surface area (Å²) in [5.41, 5.74) is 0. The Bertz CT molecular complexity index is 1450. The molecule has 26 nitrogen and oxygen atoms in total. The van der Waals surface area contributed by atoms with Crippen LogP contribution < -0.4 is 47.9 Å². The molecule has 0 rings (SSSR count). The molecule has 0 spiro atoms. The van der Waals surface area contributed by atoms with E-state index in [0.717, 1.165) is 0 Å². The number of rotatable bonds is 25. The van der Waals surface area contributed by atoms with Crippen molar-refractivity contribution in [2.75, 3.05) is 39.3 Å². The summed E-state index contributed by atoms with van der Waals surface area (Å²) in [6.45, 7) is -2.85. The van der Waals surface area contributed by atoms with Gasteiger partial charge in [0, 0.05) is 13.3 Å². The Morgan fingerprint density at radius 1 is 0.415 bits per heavy atom. The van der Waals surface area contributed by atoms with Gasteiger partial charge in [-0.2, -0.15) is 0 Å². The van der Waals surface area contributed by atoms with Crippen LogP contribution in [0.5, 0.6) is 0 Å². The zero-order valence-corrected chi connectivity index (χ0v) is 27.9. The molecule has 0 aromatic rings. The van der Waals surface area contributed by atoms with Crippen LogP contribution in [0.2, 0.25) is 0 Å². The van der Waals surface area contributed by atoms with Crippen LogP contribution in [0.25, 0.3) is 0 Å². The third-order valence-electron chi connectivity index (χ3n) is 6.03. The van der Waals surface area contributed by atoms with E-state index in [1.807, 2.05) is 10.6 Å². The van der Waals surface area contributed by atoms with Crippen LogP contribution >= 0.6 is 0 Å². The van der Waals surface area contributed by atoms with E-state index in [1.165, 1.54) is 6.92 Å². The number of hydrogen-bond acceptors (Lipinski definition) is 13. The topological polar surface area (TPSA) is 411 Å². The molecule has 0 radical (unpaired) electrons. The Hall–Kier alpha value is -6.89. The van der Waals surface area contributed by atoms with Gasteiger partial charge in [-0.1, -0.05) is 0 Å². The molecule has 9 amide bonds. The highest BCUT2D eigenvalue weighted by Crippen LogP contribution is 2.00. The number of aliphatic carboxylic acids is 4. The molecule has 0 aromatic carbocycles. The first-order chi connectivity index (χ1) is 24.7. The first kappa shape index (κ1) is 46.1. The second kappa shape index (κ2) is 24.3. The molecule has 3 atom stereocenters. The van der Waals surface area contributed by atoms with Gasteiger partial charge in [0.1, 0.15) is 18.1 Å². The van der Waals surface area contributed by atoms with Gasteiger partial charge in [-0.3, -0.25) is 57.5 Å². The summed E-state index contributed by atoms with van der Waals surface area (Å²) in [4.78, 5) is 152. The minimum absolute atomic E-state index is 0.378. The van der Waals surface area contributed by atoms with Crippen LogP contribution in [0.4, 0.5) is 0 Å². The minimum atomic E-state index is -1.96. The molecule has 0 aliphatic heterocycles. The molecular weight excluding hydrogens is 722 g/mol. The zero-order chi connectivity index (χ0) is 40.7. The molecular formula is C27H39N9O17. The lowest BCUT2D eigenvalue weighted by Crippen LogP contribution is -2.54. The molecule has 26 heteroatoms. The molecule has 0 saturated carbocycles. The Kier molecular flexibility index (Phi) is 21.1. The van der Waals surface area contributed by atoms with Gasteiger partial charge < -0.3 is 68.3 Å². The molecule has 0 heterocycles. The van der Waals surface area contributed by atoms with Crippen molar-refractivity contribution >= 4 is 77.0 Å². The van der Waals surface area contributed by atoms with Crippen molar-refractivity contribution in [3.8, 4) is 0 Å². The lowest BCUT2D eigenvalue weighted by atomic mass is 10.1. The van der Waals surface area contributed by atoms with Crippen LogP contribution in [0, 0.1) is 0 Å². The van der Waals surface area contributed by atoms with E-state index < -0.39 is 154 Å². The number of hydrogen-bond donors (Lipinski definition) is 13. The van der Waals surface area contributed by atoms with Gasteiger partial charge in [-0.05, 0) is 6.42 Å². The van der Waals surface area contributed by atoms with Crippen LogP contribution in [0.3, 0.4) is 0 Å². The Morgan fingerprint density at radius 2 is 0.792 bits per heavy atom. The van der Waals surface area contributed by atoms with E-state index in [-0.39, 0.29) is 6.54 Å². The summed E-state index contributed by atoms with van der Waals surface area (Å²) in [6.07, 6.45) is -3.23. The highest BCUT2D eigenvalue weighted by atomic mass is 16.4. The van der Waals surface area contributed by atoms with Gasteiger partial charge in [-0.25, -0.2) is 4.79 Å². The second-order valence-electron chi connectivity index (χ2n) is 10.5. The summed E-state index contributed by atoms with van der Waals surface area (Å²) in [6, 6.07) is -5.40. The Labute approximate surface area is 297 Å². The fourth-order valence-corrected chi connectivity index (χ4v) is 3.52. The van der Waals surface area contributed by atoms with Gasteiger partial charge in [0.05, 0.1) is 52.1 Å². The average Bonchev–Trinajstić information content (AvgIpc) is 3.06. The standard InChI is InChI=1S/C27H39N9O17/c1-12(37)28-6-16(38)29-7-17(39)30-8-18(40)31-10-20(42)34-13(2-3-22(44)45)25(50)33-9-19(41)32-11-21(43)35-14(4-23(46)47)26(51)36-15(27(52)53)5-24(48)49/h13-15H,2-11H2,1H3,(H,28,37)(H,29,38)(H,30,39)(H,31,40)(H,32,41)(H,33,50)(H,34,42)(H,35,43)(H,36,51)(H,44,45)(H,46,47)(H,48,49)(H,52,53)/t13-,14-,15-/m0/s1. The molecule has 0 aliphatic carbocycles. The van der Waals surface area contributed by atoms with Crippen LogP contribution in [-0.4, -0.2) is 155 Å². The van der Waals surface area contributed by atoms with Crippen LogP contribution in [0.15, 0.2) is 0 Å². The molecule has 13 N–H and O–H groups in total. The Morgan fingerprint density at radius 3 is 1.19 bits per heavy atom. The number of nitrogens with one attached hydrogen (secondary N) is 9. The van der Waals surface area contributed by atoms with Crippen molar-refractivity contribution in [1.82, 2.24) is 47.9 Å². The molecule has 0 aliphatic rings. The van der Waals surface area contributed by atoms with Gasteiger partial charge in [0.25, 0.3) is 0 Å². The van der Waals surface area contributed by atoms with Crippen molar-refractivity contribution in [1.29, 1.82) is 0 Å². The van der Waals surface area contributed by atoms with Crippen molar-refractivity contribution in [3.63, 3.8) is 0 Å². The maximum atomic E-state index is 12.6. The molecule has 0 saturated heterocycles. The summed E-state index contributed by atoms with van der Waals surface area (Å²) >= 11 is 0. The van der Waals surface area contributed by atoms with Gasteiger partial charge >= 0.3 is 23.9 Å². The van der Waals surface area contributed by atoms with Crippen LogP contribution in [-0.2, 0) is 62.3 Å². The van der Waals surface area contributed by atoms with E-state index in [1.54, 1.807) is 5.32 Å². The summed E-state index contributed by atoms with van der Waals surface area (Å²) in [5, 5.41) is 54.4. The predicted molar refractivity (Wildman–Crippen MR) is 169 cm³/mol. The summed E-state index contributed by atoms with van der Waals surface area (Å²) < 4.78 is 0. The number of carbonyl (C=O) groups excluding carboxylic acids is 9. The number of carbonyl (C=O) groups is 13. The average molecular weight is 762 g/mol. The molecule has 0 unspecified atom stereocenters. The van der Waals surface area contributed by atoms with Crippen LogP contribution in [0.1, 0.15) is 32.6 Å². The normalized spacial score (nSPS) is 11.8. The van der Waals surface area contributed by atoms with Crippen molar-refractivity contribution in [2.45, 2.75) is 50.7 Å². The van der Waals surface area contributed by atoms with Crippen molar-refractivity contribution < 1.29 is 82.8 Å².